The zero-order valence-electron chi connectivity index (χ0n) is 12.9. The molecule has 0 saturated heterocycles. The second-order valence-corrected chi connectivity index (χ2v) is 6.38. The van der Waals surface area contributed by atoms with E-state index >= 15 is 0 Å². The second-order valence-electron chi connectivity index (χ2n) is 5.14. The zero-order valence-corrected chi connectivity index (χ0v) is 15.1. The first-order valence-electron chi connectivity index (χ1n) is 7.50. The highest BCUT2D eigenvalue weighted by molar-refractivity contribution is 14.1. The molecular weight excluding hydrogens is 433 g/mol. The molecule has 0 amide bonds. The van der Waals surface area contributed by atoms with Gasteiger partial charge in [0.2, 0.25) is 0 Å². The summed E-state index contributed by atoms with van der Waals surface area (Å²) in [5, 5.41) is 8.01. The molecule has 0 unspecified atom stereocenters. The Bertz CT molecular complexity index is 965. The van der Waals surface area contributed by atoms with Crippen LogP contribution in [0.1, 0.15) is 5.76 Å². The van der Waals surface area contributed by atoms with E-state index in [9.17, 15) is 0 Å². The first kappa shape index (κ1) is 15.8. The highest BCUT2D eigenvalue weighted by atomic mass is 127. The van der Waals surface area contributed by atoms with Crippen LogP contribution in [0.5, 0.6) is 5.75 Å². The molecule has 3 heterocycles. The molecule has 0 saturated carbocycles. The molecule has 4 rings (SSSR count). The SMILES string of the molecule is Ic1ccc(OCc2ccc(-c3nnc(-c4ccccn4)o3)o2)cc1. The fourth-order valence-electron chi connectivity index (χ4n) is 2.17. The smallest absolute Gasteiger partial charge is 0.283 e. The molecule has 0 atom stereocenters. The van der Waals surface area contributed by atoms with Crippen LogP contribution in [0, 0.1) is 3.57 Å². The van der Waals surface area contributed by atoms with E-state index in [0.717, 1.165) is 9.32 Å². The number of hydrogen-bond donors (Lipinski definition) is 0. The van der Waals surface area contributed by atoms with Crippen LogP contribution in [-0.4, -0.2) is 15.2 Å². The molecule has 124 valence electrons. The molecule has 7 heteroatoms. The molecule has 0 aliphatic rings. The second kappa shape index (κ2) is 7.06. The van der Waals surface area contributed by atoms with Gasteiger partial charge in [-0.1, -0.05) is 6.07 Å². The van der Waals surface area contributed by atoms with Gasteiger partial charge in [-0.3, -0.25) is 4.98 Å². The lowest BCUT2D eigenvalue weighted by molar-refractivity contribution is 0.271. The summed E-state index contributed by atoms with van der Waals surface area (Å²) in [4.78, 5) is 4.18. The first-order valence-corrected chi connectivity index (χ1v) is 8.58. The van der Waals surface area contributed by atoms with Gasteiger partial charge in [0.25, 0.3) is 11.8 Å². The summed E-state index contributed by atoms with van der Waals surface area (Å²) in [5.74, 6) is 2.61. The maximum absolute atomic E-state index is 5.72. The predicted octanol–water partition coefficient (Wildman–Crippen LogP) is 4.58. The van der Waals surface area contributed by atoms with Crippen LogP contribution in [0.2, 0.25) is 0 Å². The number of pyridine rings is 1. The van der Waals surface area contributed by atoms with Gasteiger partial charge in [0, 0.05) is 9.77 Å². The highest BCUT2D eigenvalue weighted by Gasteiger charge is 2.14. The van der Waals surface area contributed by atoms with Crippen molar-refractivity contribution < 1.29 is 13.6 Å². The van der Waals surface area contributed by atoms with Crippen molar-refractivity contribution in [2.75, 3.05) is 0 Å². The lowest BCUT2D eigenvalue weighted by atomic mass is 10.3. The van der Waals surface area contributed by atoms with Crippen molar-refractivity contribution in [1.82, 2.24) is 15.2 Å². The van der Waals surface area contributed by atoms with Crippen LogP contribution in [0.25, 0.3) is 23.2 Å². The van der Waals surface area contributed by atoms with Crippen LogP contribution >= 0.6 is 22.6 Å². The Kier molecular flexibility index (Phi) is 4.47. The molecule has 25 heavy (non-hydrogen) atoms. The minimum atomic E-state index is 0.307. The first-order chi connectivity index (χ1) is 12.3. The third-order valence-corrected chi connectivity index (χ3v) is 4.10. The van der Waals surface area contributed by atoms with Crippen LogP contribution in [-0.2, 0) is 6.61 Å². The van der Waals surface area contributed by atoms with Gasteiger partial charge >= 0.3 is 0 Å². The highest BCUT2D eigenvalue weighted by Crippen LogP contribution is 2.25. The lowest BCUT2D eigenvalue weighted by Crippen LogP contribution is -1.93. The number of hydrogen-bond acceptors (Lipinski definition) is 6. The van der Waals surface area contributed by atoms with Crippen molar-refractivity contribution >= 4 is 22.6 Å². The Balaban J connectivity index is 1.46. The van der Waals surface area contributed by atoms with Gasteiger partial charge in [-0.15, -0.1) is 10.2 Å². The molecule has 0 fully saturated rings. The van der Waals surface area contributed by atoms with E-state index in [2.05, 4.69) is 37.8 Å². The predicted molar refractivity (Wildman–Crippen MR) is 98.7 cm³/mol. The molecule has 0 radical (unpaired) electrons. The zero-order chi connectivity index (χ0) is 17.1. The van der Waals surface area contributed by atoms with Crippen molar-refractivity contribution in [3.8, 4) is 29.0 Å². The summed E-state index contributed by atoms with van der Waals surface area (Å²) in [6.45, 7) is 0.321. The van der Waals surface area contributed by atoms with Gasteiger partial charge in [0.15, 0.2) is 5.76 Å². The fourth-order valence-corrected chi connectivity index (χ4v) is 2.53. The molecule has 3 aromatic heterocycles. The van der Waals surface area contributed by atoms with Gasteiger partial charge in [-0.2, -0.15) is 0 Å². The molecule has 4 aromatic rings. The standard InChI is InChI=1S/C18H12IN3O3/c19-12-4-6-13(7-5-12)23-11-14-8-9-16(24-14)18-22-21-17(25-18)15-3-1-2-10-20-15/h1-10H,11H2. The van der Waals surface area contributed by atoms with Gasteiger partial charge < -0.3 is 13.6 Å². The Morgan fingerprint density at radius 1 is 0.880 bits per heavy atom. The molecule has 0 aliphatic carbocycles. The van der Waals surface area contributed by atoms with E-state index in [1.165, 1.54) is 0 Å². The van der Waals surface area contributed by atoms with Gasteiger partial charge in [0.1, 0.15) is 23.8 Å². The van der Waals surface area contributed by atoms with E-state index in [1.807, 2.05) is 42.5 Å². The van der Waals surface area contributed by atoms with E-state index < -0.39 is 0 Å². The summed E-state index contributed by atoms with van der Waals surface area (Å²) in [7, 11) is 0. The average Bonchev–Trinajstić information content (AvgIpc) is 3.31. The molecular formula is C18H12IN3O3. The topological polar surface area (TPSA) is 74.2 Å². The van der Waals surface area contributed by atoms with E-state index in [1.54, 1.807) is 18.3 Å². The van der Waals surface area contributed by atoms with Crippen LogP contribution in [0.3, 0.4) is 0 Å². The number of halogens is 1. The van der Waals surface area contributed by atoms with Crippen molar-refractivity contribution in [3.63, 3.8) is 0 Å². The molecule has 0 spiro atoms. The summed E-state index contributed by atoms with van der Waals surface area (Å²) in [5.41, 5.74) is 0.620. The Labute approximate surface area is 157 Å². The summed E-state index contributed by atoms with van der Waals surface area (Å²) < 4.78 is 18.2. The number of nitrogens with zero attached hydrogens (tertiary/aromatic N) is 3. The van der Waals surface area contributed by atoms with E-state index in [-0.39, 0.29) is 0 Å². The Morgan fingerprint density at radius 2 is 1.72 bits per heavy atom. The number of aromatic nitrogens is 3. The van der Waals surface area contributed by atoms with Crippen molar-refractivity contribution in [2.24, 2.45) is 0 Å². The molecule has 0 N–H and O–H groups in total. The average molecular weight is 445 g/mol. The van der Waals surface area contributed by atoms with Crippen molar-refractivity contribution in [3.05, 3.63) is 70.1 Å². The van der Waals surface area contributed by atoms with E-state index in [0.29, 0.717) is 35.6 Å². The number of rotatable bonds is 5. The largest absolute Gasteiger partial charge is 0.486 e. The Hall–Kier alpha value is -2.68. The molecule has 0 aliphatic heterocycles. The number of benzene rings is 1. The molecule has 1 aromatic carbocycles. The van der Waals surface area contributed by atoms with Gasteiger partial charge in [0.05, 0.1) is 0 Å². The van der Waals surface area contributed by atoms with Gasteiger partial charge in [-0.25, -0.2) is 0 Å². The maximum Gasteiger partial charge on any atom is 0.283 e. The van der Waals surface area contributed by atoms with E-state index in [4.69, 9.17) is 13.6 Å². The molecule has 0 bridgehead atoms. The maximum atomic E-state index is 5.72. The normalized spacial score (nSPS) is 10.8. The summed E-state index contributed by atoms with van der Waals surface area (Å²) in [6.07, 6.45) is 1.67. The fraction of sp³-hybridized carbons (Fsp3) is 0.0556. The minimum absolute atomic E-state index is 0.307. The minimum Gasteiger partial charge on any atom is -0.486 e. The number of ether oxygens (including phenoxy) is 1. The number of furan rings is 1. The third-order valence-electron chi connectivity index (χ3n) is 3.38. The van der Waals surface area contributed by atoms with Crippen molar-refractivity contribution in [1.29, 1.82) is 0 Å². The van der Waals surface area contributed by atoms with Crippen LogP contribution in [0.15, 0.2) is 69.6 Å². The third kappa shape index (κ3) is 3.71. The lowest BCUT2D eigenvalue weighted by Gasteiger charge is -2.03. The quantitative estimate of drug-likeness (QED) is 0.419. The summed E-state index contributed by atoms with van der Waals surface area (Å²) in [6, 6.07) is 16.9. The Morgan fingerprint density at radius 3 is 2.52 bits per heavy atom. The van der Waals surface area contributed by atoms with Crippen molar-refractivity contribution in [2.45, 2.75) is 6.61 Å². The monoisotopic (exact) mass is 445 g/mol. The molecule has 6 nitrogen and oxygen atoms in total. The summed E-state index contributed by atoms with van der Waals surface area (Å²) >= 11 is 2.25. The van der Waals surface area contributed by atoms with Crippen LogP contribution < -0.4 is 4.74 Å². The van der Waals surface area contributed by atoms with Crippen LogP contribution in [0.4, 0.5) is 0 Å². The van der Waals surface area contributed by atoms with Gasteiger partial charge in [-0.05, 0) is 71.1 Å².